The van der Waals surface area contributed by atoms with E-state index in [0.29, 0.717) is 5.56 Å². The van der Waals surface area contributed by atoms with Gasteiger partial charge >= 0.3 is 5.97 Å². The third-order valence-electron chi connectivity index (χ3n) is 7.02. The molecular weight excluding hydrogens is 488 g/mol. The summed E-state index contributed by atoms with van der Waals surface area (Å²) in [7, 11) is -1.61. The molecule has 0 spiro atoms. The molecule has 2 aliphatic rings. The van der Waals surface area contributed by atoms with Crippen molar-refractivity contribution >= 4 is 28.6 Å². The van der Waals surface area contributed by atoms with Crippen LogP contribution >= 0.6 is 0 Å². The van der Waals surface area contributed by atoms with Crippen LogP contribution in [0.4, 0.5) is 0 Å². The summed E-state index contributed by atoms with van der Waals surface area (Å²) in [6, 6.07) is 23.7. The number of esters is 1. The summed E-state index contributed by atoms with van der Waals surface area (Å²) in [5.41, 5.74) is 2.98. The fraction of sp³-hybridized carbons (Fsp3) is 0.276. The number of benzene rings is 3. The molecule has 2 aliphatic heterocycles. The Hall–Kier alpha value is -3.78. The lowest BCUT2D eigenvalue weighted by molar-refractivity contribution is -0.166. The number of fused-ring (bicyclic) bond motifs is 1. The van der Waals surface area contributed by atoms with Crippen molar-refractivity contribution < 1.29 is 23.3 Å². The fourth-order valence-electron chi connectivity index (χ4n) is 4.97. The van der Waals surface area contributed by atoms with Crippen LogP contribution in [-0.2, 0) is 25.1 Å². The monoisotopic (exact) mass is 516 g/mol. The fourth-order valence-corrected chi connectivity index (χ4v) is 6.88. The van der Waals surface area contributed by atoms with Crippen LogP contribution in [0.5, 0.6) is 0 Å². The molecule has 37 heavy (non-hydrogen) atoms. The third-order valence-corrected chi connectivity index (χ3v) is 9.21. The Kier molecular flexibility index (Phi) is 6.45. The summed E-state index contributed by atoms with van der Waals surface area (Å²) in [6.45, 7) is 5.30. The van der Waals surface area contributed by atoms with Crippen molar-refractivity contribution in [2.45, 2.75) is 49.1 Å². The molecule has 7 nitrogen and oxygen atoms in total. The first kappa shape index (κ1) is 24.9. The lowest BCUT2D eigenvalue weighted by Gasteiger charge is -2.43. The van der Waals surface area contributed by atoms with E-state index in [1.165, 1.54) is 4.90 Å². The number of carbonyl (C=O) groups is 3. The van der Waals surface area contributed by atoms with E-state index < -0.39 is 56.9 Å². The van der Waals surface area contributed by atoms with Gasteiger partial charge < -0.3 is 15.0 Å². The van der Waals surface area contributed by atoms with Gasteiger partial charge in [-0.15, -0.1) is 0 Å². The highest BCUT2D eigenvalue weighted by atomic mass is 32.2. The molecule has 190 valence electrons. The number of carbonyl (C=O) groups excluding carboxylic acids is 3. The van der Waals surface area contributed by atoms with Gasteiger partial charge in [0.15, 0.2) is 6.10 Å². The van der Waals surface area contributed by atoms with Gasteiger partial charge in [-0.1, -0.05) is 78.4 Å². The number of nitrogens with zero attached hydrogens (tertiary/aromatic N) is 1. The van der Waals surface area contributed by atoms with E-state index in [1.54, 1.807) is 26.0 Å². The van der Waals surface area contributed by atoms with Crippen LogP contribution in [0.2, 0.25) is 0 Å². The van der Waals surface area contributed by atoms with Crippen molar-refractivity contribution in [3.8, 4) is 0 Å². The van der Waals surface area contributed by atoms with Crippen LogP contribution < -0.4 is 5.32 Å². The second-order valence-electron chi connectivity index (χ2n) is 9.89. The maximum Gasteiger partial charge on any atom is 0.331 e. The first-order chi connectivity index (χ1) is 17.7. The molecule has 0 saturated carbocycles. The lowest BCUT2D eigenvalue weighted by Crippen LogP contribution is -2.71. The zero-order valence-electron chi connectivity index (χ0n) is 20.8. The summed E-state index contributed by atoms with van der Waals surface area (Å²) in [4.78, 5) is 40.9. The van der Waals surface area contributed by atoms with Crippen molar-refractivity contribution in [2.75, 3.05) is 0 Å². The average Bonchev–Trinajstić information content (AvgIpc) is 3.09. The van der Waals surface area contributed by atoms with Gasteiger partial charge in [-0.3, -0.25) is 13.8 Å². The van der Waals surface area contributed by atoms with Gasteiger partial charge in [0.2, 0.25) is 5.91 Å². The smallest absolute Gasteiger partial charge is 0.331 e. The molecule has 8 heteroatoms. The molecule has 5 rings (SSSR count). The Balaban J connectivity index is 1.38. The molecule has 4 atom stereocenters. The predicted octanol–water partition coefficient (Wildman–Crippen LogP) is 3.50. The molecule has 0 aliphatic carbocycles. The van der Waals surface area contributed by atoms with Crippen LogP contribution in [-0.4, -0.2) is 49.1 Å². The molecule has 2 saturated heterocycles. The quantitative estimate of drug-likeness (QED) is 0.400. The molecule has 2 heterocycles. The third kappa shape index (κ3) is 4.35. The van der Waals surface area contributed by atoms with Crippen LogP contribution in [0.25, 0.3) is 0 Å². The van der Waals surface area contributed by atoms with Gasteiger partial charge in [0, 0.05) is 5.56 Å². The Morgan fingerprint density at radius 1 is 0.919 bits per heavy atom. The largest absolute Gasteiger partial charge is 0.451 e. The van der Waals surface area contributed by atoms with Crippen LogP contribution in [0.1, 0.15) is 47.0 Å². The SMILES string of the molecule is Cc1ccc(C(=O)N[C@@H]2C(=O)N3[C@@H]2S(=O)C(C)(C)[C@@H]3C(=O)OC(c2ccccc2)c2ccccc2)cc1. The summed E-state index contributed by atoms with van der Waals surface area (Å²) in [6.07, 6.45) is -0.688. The molecule has 3 aromatic rings. The molecule has 2 fully saturated rings. The highest BCUT2D eigenvalue weighted by Gasteiger charge is 2.68. The Bertz CT molecular complexity index is 1320. The minimum Gasteiger partial charge on any atom is -0.451 e. The molecular formula is C29H28N2O5S. The van der Waals surface area contributed by atoms with Crippen molar-refractivity contribution in [3.63, 3.8) is 0 Å². The predicted molar refractivity (Wildman–Crippen MR) is 140 cm³/mol. The second-order valence-corrected chi connectivity index (χ2v) is 12.0. The van der Waals surface area contributed by atoms with Gasteiger partial charge in [0.25, 0.3) is 5.91 Å². The molecule has 2 amide bonds. The maximum absolute atomic E-state index is 13.6. The summed E-state index contributed by atoms with van der Waals surface area (Å²) < 4.78 is 18.5. The van der Waals surface area contributed by atoms with Crippen molar-refractivity contribution in [3.05, 3.63) is 107 Å². The summed E-state index contributed by atoms with van der Waals surface area (Å²) in [5.74, 6) is -1.50. The number of rotatable bonds is 6. The highest BCUT2D eigenvalue weighted by Crippen LogP contribution is 2.44. The van der Waals surface area contributed by atoms with Crippen molar-refractivity contribution in [1.29, 1.82) is 0 Å². The van der Waals surface area contributed by atoms with Gasteiger partial charge in [-0.05, 0) is 44.0 Å². The average molecular weight is 517 g/mol. The molecule has 1 unspecified atom stereocenters. The molecule has 3 aromatic carbocycles. The number of amides is 2. The van der Waals surface area contributed by atoms with Gasteiger partial charge in [0.05, 0.1) is 15.5 Å². The van der Waals surface area contributed by atoms with Crippen LogP contribution in [0.15, 0.2) is 84.9 Å². The zero-order chi connectivity index (χ0) is 26.3. The van der Waals surface area contributed by atoms with E-state index in [4.69, 9.17) is 4.74 Å². The molecule has 0 bridgehead atoms. The molecule has 0 aromatic heterocycles. The molecule has 1 N–H and O–H groups in total. The first-order valence-electron chi connectivity index (χ1n) is 12.1. The zero-order valence-corrected chi connectivity index (χ0v) is 21.6. The van der Waals surface area contributed by atoms with Crippen molar-refractivity contribution in [1.82, 2.24) is 10.2 Å². The number of hydrogen-bond donors (Lipinski definition) is 1. The summed E-state index contributed by atoms with van der Waals surface area (Å²) in [5, 5.41) is 1.91. The van der Waals surface area contributed by atoms with Crippen molar-refractivity contribution in [2.24, 2.45) is 0 Å². The van der Waals surface area contributed by atoms with Gasteiger partial charge in [-0.2, -0.15) is 0 Å². The second kappa shape index (κ2) is 9.59. The van der Waals surface area contributed by atoms with E-state index >= 15 is 0 Å². The maximum atomic E-state index is 13.6. The Labute approximate surface area is 218 Å². The topological polar surface area (TPSA) is 92.8 Å². The van der Waals surface area contributed by atoms with Crippen LogP contribution in [0, 0.1) is 6.92 Å². The van der Waals surface area contributed by atoms with Gasteiger partial charge in [-0.25, -0.2) is 4.79 Å². The summed E-state index contributed by atoms with van der Waals surface area (Å²) >= 11 is 0. The first-order valence-corrected chi connectivity index (χ1v) is 13.3. The number of aryl methyl sites for hydroxylation is 1. The minimum absolute atomic E-state index is 0.407. The highest BCUT2D eigenvalue weighted by molar-refractivity contribution is 7.87. The van der Waals surface area contributed by atoms with E-state index in [2.05, 4.69) is 5.32 Å². The molecule has 0 radical (unpaired) electrons. The normalized spacial score (nSPS) is 23.8. The van der Waals surface area contributed by atoms with E-state index in [0.717, 1.165) is 16.7 Å². The minimum atomic E-state index is -1.61. The van der Waals surface area contributed by atoms with E-state index in [1.807, 2.05) is 79.7 Å². The van der Waals surface area contributed by atoms with Gasteiger partial charge in [0.1, 0.15) is 17.5 Å². The Morgan fingerprint density at radius 3 is 2.00 bits per heavy atom. The number of ether oxygens (including phenoxy) is 1. The number of β-lactam (4-membered cyclic amide) rings is 1. The Morgan fingerprint density at radius 2 is 1.46 bits per heavy atom. The number of hydrogen-bond acceptors (Lipinski definition) is 5. The van der Waals surface area contributed by atoms with Crippen LogP contribution in [0.3, 0.4) is 0 Å². The lowest BCUT2D eigenvalue weighted by atomic mass is 9.95. The number of nitrogens with one attached hydrogen (secondary N) is 1. The van der Waals surface area contributed by atoms with E-state index in [9.17, 15) is 18.6 Å². The van der Waals surface area contributed by atoms with E-state index in [-0.39, 0.29) is 0 Å². The standard InChI is InChI=1S/C29H28N2O5S/c1-18-14-16-21(17-15-18)25(32)30-22-26(33)31-24(29(2,3)37(35)27(22)31)28(34)36-23(19-10-6-4-7-11-19)20-12-8-5-9-13-20/h4-17,22-24,27H,1-3H3,(H,30,32)/t22-,24+,27-,37?/m1/s1.